The highest BCUT2D eigenvalue weighted by Gasteiger charge is 2.47. The SMILES string of the molecule is CN(C)[P@](=O)(Cl)OC[C@@H]1CN(C(c2ccccc2)(c2ccccc2)c2ccccc2)CC(n2ccc(NC(=O)c3ccccc3)nc2=O)O1. The lowest BCUT2D eigenvalue weighted by molar-refractivity contribution is -0.148. The van der Waals surface area contributed by atoms with Crippen molar-refractivity contribution in [1.29, 1.82) is 0 Å². The molecule has 1 saturated heterocycles. The molecule has 0 radical (unpaired) electrons. The quantitative estimate of drug-likeness (QED) is 0.121. The van der Waals surface area contributed by atoms with Crippen LogP contribution in [0.25, 0.3) is 0 Å². The Morgan fingerprint density at radius 3 is 1.88 bits per heavy atom. The zero-order chi connectivity index (χ0) is 34.4. The molecule has 252 valence electrons. The number of hydrogen-bond donors (Lipinski definition) is 1. The first-order chi connectivity index (χ1) is 23.7. The van der Waals surface area contributed by atoms with E-state index in [9.17, 15) is 14.2 Å². The number of hydrogen-bond acceptors (Lipinski definition) is 7. The van der Waals surface area contributed by atoms with Crippen LogP contribution in [-0.2, 0) is 19.4 Å². The molecule has 5 aromatic rings. The second kappa shape index (κ2) is 15.0. The molecule has 12 heteroatoms. The Bertz CT molecular complexity index is 1870. The Balaban J connectivity index is 1.43. The van der Waals surface area contributed by atoms with Gasteiger partial charge in [-0.15, -0.1) is 0 Å². The first-order valence-corrected chi connectivity index (χ1v) is 18.3. The van der Waals surface area contributed by atoms with E-state index in [0.717, 1.165) is 16.7 Å². The molecule has 1 amide bonds. The molecule has 1 unspecified atom stereocenters. The van der Waals surface area contributed by atoms with Crippen LogP contribution in [0.1, 0.15) is 33.3 Å². The van der Waals surface area contributed by atoms with E-state index in [0.29, 0.717) is 12.1 Å². The van der Waals surface area contributed by atoms with Crippen LogP contribution in [0, 0.1) is 0 Å². The fraction of sp³-hybridized carbons (Fsp3) is 0.216. The Labute approximate surface area is 290 Å². The topological polar surface area (TPSA) is 106 Å². The van der Waals surface area contributed by atoms with Gasteiger partial charge in [0.15, 0.2) is 6.23 Å². The van der Waals surface area contributed by atoms with Crippen LogP contribution < -0.4 is 11.0 Å². The number of aromatic nitrogens is 2. The highest BCUT2D eigenvalue weighted by molar-refractivity contribution is 7.83. The summed E-state index contributed by atoms with van der Waals surface area (Å²) in [5.74, 6) is -0.267. The van der Waals surface area contributed by atoms with Gasteiger partial charge in [0, 0.05) is 24.8 Å². The van der Waals surface area contributed by atoms with E-state index >= 15 is 0 Å². The minimum Gasteiger partial charge on any atom is -0.350 e. The van der Waals surface area contributed by atoms with Crippen molar-refractivity contribution >= 4 is 29.8 Å². The Morgan fingerprint density at radius 1 is 0.878 bits per heavy atom. The number of carbonyl (C=O) groups is 1. The van der Waals surface area contributed by atoms with Crippen LogP contribution in [0.4, 0.5) is 5.82 Å². The lowest BCUT2D eigenvalue weighted by Gasteiger charge is -2.50. The Morgan fingerprint density at radius 2 is 1.39 bits per heavy atom. The number of rotatable bonds is 11. The molecule has 1 fully saturated rings. The minimum absolute atomic E-state index is 0.103. The third kappa shape index (κ3) is 7.45. The van der Waals surface area contributed by atoms with Gasteiger partial charge in [0.25, 0.3) is 5.91 Å². The summed E-state index contributed by atoms with van der Waals surface area (Å²) in [7, 11) is 3.17. The van der Waals surface area contributed by atoms with Gasteiger partial charge in [0.2, 0.25) is 0 Å². The third-order valence-corrected chi connectivity index (χ3v) is 11.1. The highest BCUT2D eigenvalue weighted by Crippen LogP contribution is 2.54. The minimum atomic E-state index is -3.63. The van der Waals surface area contributed by atoms with Crippen molar-refractivity contribution in [2.24, 2.45) is 0 Å². The van der Waals surface area contributed by atoms with Crippen LogP contribution >= 0.6 is 18.1 Å². The highest BCUT2D eigenvalue weighted by atomic mass is 35.7. The third-order valence-electron chi connectivity index (χ3n) is 8.51. The fourth-order valence-electron chi connectivity index (χ4n) is 6.19. The van der Waals surface area contributed by atoms with Crippen molar-refractivity contribution in [1.82, 2.24) is 19.1 Å². The molecule has 0 saturated carbocycles. The molecule has 6 rings (SSSR count). The average molecular weight is 698 g/mol. The largest absolute Gasteiger partial charge is 0.362 e. The van der Waals surface area contributed by atoms with Gasteiger partial charge in [-0.25, -0.2) is 9.46 Å². The summed E-state index contributed by atoms with van der Waals surface area (Å²) < 4.78 is 28.1. The Kier molecular flexibility index (Phi) is 10.6. The fourth-order valence-corrected chi connectivity index (χ4v) is 6.94. The summed E-state index contributed by atoms with van der Waals surface area (Å²) in [6, 6.07) is 40.8. The molecule has 0 spiro atoms. The van der Waals surface area contributed by atoms with Gasteiger partial charge in [0.05, 0.1) is 18.2 Å². The van der Waals surface area contributed by atoms with E-state index in [-0.39, 0.29) is 24.9 Å². The molecule has 3 atom stereocenters. The van der Waals surface area contributed by atoms with Crippen LogP contribution in [-0.4, -0.2) is 64.9 Å². The standard InChI is InChI=1S/C37H37ClN5O5P/c1-41(2)49(38,46)47-27-32-25-42(26-34(48-32)43-24-23-33(40-36(43)45)39-35(44)28-15-7-3-8-16-28)37(29-17-9-4-10-18-29,30-19-11-5-12-20-30)31-21-13-6-14-22-31/h3-24,32,34H,25-27H2,1-2H3,(H,39,40,44,45)/t32-,34?,49-/m0/s1. The van der Waals surface area contributed by atoms with Crippen molar-refractivity contribution in [2.45, 2.75) is 17.9 Å². The van der Waals surface area contributed by atoms with Gasteiger partial charge in [-0.3, -0.25) is 18.8 Å². The second-order valence-corrected chi connectivity index (χ2v) is 15.1. The van der Waals surface area contributed by atoms with Gasteiger partial charge in [-0.05, 0) is 60.2 Å². The van der Waals surface area contributed by atoms with Crippen LogP contribution in [0.3, 0.4) is 0 Å². The molecule has 1 N–H and O–H groups in total. The lowest BCUT2D eigenvalue weighted by Crippen LogP contribution is -2.58. The summed E-state index contributed by atoms with van der Waals surface area (Å²) >= 11 is 6.28. The van der Waals surface area contributed by atoms with Crippen molar-refractivity contribution in [3.63, 3.8) is 0 Å². The maximum atomic E-state index is 13.6. The number of amides is 1. The van der Waals surface area contributed by atoms with E-state index < -0.39 is 30.4 Å². The number of anilines is 1. The number of ether oxygens (including phenoxy) is 1. The van der Waals surface area contributed by atoms with Gasteiger partial charge in [-0.2, -0.15) is 4.98 Å². The summed E-state index contributed by atoms with van der Waals surface area (Å²) in [5, 5.41) is 2.70. The maximum absolute atomic E-state index is 13.6. The lowest BCUT2D eigenvalue weighted by atomic mass is 9.75. The average Bonchev–Trinajstić information content (AvgIpc) is 3.13. The molecule has 1 aliphatic rings. The molecule has 2 heterocycles. The summed E-state index contributed by atoms with van der Waals surface area (Å²) in [4.78, 5) is 32.9. The first-order valence-electron chi connectivity index (χ1n) is 15.8. The van der Waals surface area contributed by atoms with Crippen molar-refractivity contribution in [3.8, 4) is 0 Å². The van der Waals surface area contributed by atoms with E-state index in [2.05, 4.69) is 51.6 Å². The van der Waals surface area contributed by atoms with Crippen molar-refractivity contribution in [3.05, 3.63) is 166 Å². The number of nitrogens with one attached hydrogen (secondary N) is 1. The van der Waals surface area contributed by atoms with E-state index in [1.807, 2.05) is 60.7 Å². The number of morpholine rings is 1. The smallest absolute Gasteiger partial charge is 0.350 e. The molecule has 4 aromatic carbocycles. The summed E-state index contributed by atoms with van der Waals surface area (Å²) in [6.07, 6.45) is 0.0558. The summed E-state index contributed by atoms with van der Waals surface area (Å²) in [6.45, 7) is -3.13. The monoisotopic (exact) mass is 697 g/mol. The molecule has 1 aliphatic heterocycles. The number of benzene rings is 4. The van der Waals surface area contributed by atoms with Crippen LogP contribution in [0.5, 0.6) is 0 Å². The number of halogens is 1. The van der Waals surface area contributed by atoms with Crippen LogP contribution in [0.2, 0.25) is 0 Å². The van der Waals surface area contributed by atoms with Gasteiger partial charge in [0.1, 0.15) is 5.82 Å². The van der Waals surface area contributed by atoms with E-state index in [1.54, 1.807) is 50.6 Å². The van der Waals surface area contributed by atoms with Crippen molar-refractivity contribution in [2.75, 3.05) is 39.1 Å². The zero-order valence-electron chi connectivity index (χ0n) is 27.1. The van der Waals surface area contributed by atoms with E-state index in [1.165, 1.54) is 9.24 Å². The van der Waals surface area contributed by atoms with Gasteiger partial charge in [-0.1, -0.05) is 109 Å². The summed E-state index contributed by atoms with van der Waals surface area (Å²) in [5.41, 5.74) is 2.02. The second-order valence-electron chi connectivity index (χ2n) is 11.8. The zero-order valence-corrected chi connectivity index (χ0v) is 28.8. The predicted octanol–water partition coefficient (Wildman–Crippen LogP) is 6.61. The van der Waals surface area contributed by atoms with Gasteiger partial charge >= 0.3 is 12.6 Å². The van der Waals surface area contributed by atoms with Crippen molar-refractivity contribution < 1.29 is 18.6 Å². The Hall–Kier alpha value is -4.41. The predicted molar refractivity (Wildman–Crippen MR) is 191 cm³/mol. The number of nitrogens with zero attached hydrogens (tertiary/aromatic N) is 4. The normalized spacial score (nSPS) is 18.1. The number of carbonyl (C=O) groups excluding carboxylic acids is 1. The molecular weight excluding hydrogens is 661 g/mol. The molecule has 10 nitrogen and oxygen atoms in total. The van der Waals surface area contributed by atoms with Crippen LogP contribution in [0.15, 0.2) is 138 Å². The van der Waals surface area contributed by atoms with Gasteiger partial charge < -0.3 is 14.6 Å². The molecule has 49 heavy (non-hydrogen) atoms. The maximum Gasteiger partial charge on any atom is 0.362 e. The molecular formula is C37H37ClN5O5P. The molecule has 0 bridgehead atoms. The van der Waals surface area contributed by atoms with E-state index in [4.69, 9.17) is 20.5 Å². The molecule has 0 aliphatic carbocycles. The first kappa shape index (κ1) is 34.5. The molecule has 1 aromatic heterocycles.